The van der Waals surface area contributed by atoms with Crippen molar-refractivity contribution in [3.8, 4) is 23.3 Å². The van der Waals surface area contributed by atoms with Crippen LogP contribution in [0.25, 0.3) is 0 Å². The van der Waals surface area contributed by atoms with Crippen molar-refractivity contribution in [1.29, 1.82) is 0 Å². The number of primary amides is 1. The van der Waals surface area contributed by atoms with Crippen LogP contribution in [0.3, 0.4) is 0 Å². The second kappa shape index (κ2) is 7.14. The molecule has 0 unspecified atom stereocenters. The SMILES string of the molecule is Cc1c(F)c(Oc2cccnc2)nc(Oc2cccc(C(N)=O)c2)c1F. The summed E-state index contributed by atoms with van der Waals surface area (Å²) < 4.78 is 39.3. The van der Waals surface area contributed by atoms with Crippen LogP contribution in [0.1, 0.15) is 15.9 Å². The molecular formula is C18H13F2N3O3. The Labute approximate surface area is 147 Å². The first-order valence-corrected chi connectivity index (χ1v) is 7.47. The van der Waals surface area contributed by atoms with Gasteiger partial charge in [0.15, 0.2) is 11.6 Å². The van der Waals surface area contributed by atoms with E-state index in [9.17, 15) is 13.6 Å². The van der Waals surface area contributed by atoms with Crippen LogP contribution in [-0.2, 0) is 0 Å². The highest BCUT2D eigenvalue weighted by Crippen LogP contribution is 2.32. The molecule has 0 radical (unpaired) electrons. The van der Waals surface area contributed by atoms with Crippen LogP contribution in [0.15, 0.2) is 48.8 Å². The number of nitrogens with two attached hydrogens (primary N) is 1. The molecule has 1 aromatic carbocycles. The number of pyridine rings is 2. The number of halogens is 2. The Balaban J connectivity index is 1.97. The number of carbonyl (C=O) groups excluding carboxylic acids is 1. The van der Waals surface area contributed by atoms with Crippen LogP contribution in [0.4, 0.5) is 8.78 Å². The van der Waals surface area contributed by atoms with Gasteiger partial charge in [0.25, 0.3) is 11.8 Å². The maximum absolute atomic E-state index is 14.3. The number of rotatable bonds is 5. The third-order valence-electron chi connectivity index (χ3n) is 3.42. The van der Waals surface area contributed by atoms with Crippen molar-refractivity contribution in [2.24, 2.45) is 5.73 Å². The molecule has 0 bridgehead atoms. The van der Waals surface area contributed by atoms with Crippen LogP contribution in [-0.4, -0.2) is 15.9 Å². The largest absolute Gasteiger partial charge is 0.436 e. The minimum Gasteiger partial charge on any atom is -0.436 e. The van der Waals surface area contributed by atoms with Gasteiger partial charge >= 0.3 is 0 Å². The summed E-state index contributed by atoms with van der Waals surface area (Å²) in [7, 11) is 0. The molecule has 2 aromatic heterocycles. The first kappa shape index (κ1) is 17.3. The predicted octanol–water partition coefficient (Wildman–Crippen LogP) is 3.75. The van der Waals surface area contributed by atoms with E-state index in [1.54, 1.807) is 12.1 Å². The summed E-state index contributed by atoms with van der Waals surface area (Å²) in [4.78, 5) is 18.8. The van der Waals surface area contributed by atoms with Gasteiger partial charge in [-0.2, -0.15) is 4.98 Å². The van der Waals surface area contributed by atoms with Crippen molar-refractivity contribution < 1.29 is 23.0 Å². The van der Waals surface area contributed by atoms with E-state index in [2.05, 4.69) is 9.97 Å². The lowest BCUT2D eigenvalue weighted by Crippen LogP contribution is -2.10. The number of nitrogens with zero attached hydrogens (tertiary/aromatic N) is 2. The van der Waals surface area contributed by atoms with Crippen molar-refractivity contribution in [1.82, 2.24) is 9.97 Å². The van der Waals surface area contributed by atoms with E-state index in [1.165, 1.54) is 43.6 Å². The Morgan fingerprint density at radius 1 is 1.04 bits per heavy atom. The van der Waals surface area contributed by atoms with E-state index in [-0.39, 0.29) is 22.6 Å². The molecule has 0 atom stereocenters. The molecule has 2 heterocycles. The molecule has 0 aliphatic carbocycles. The Bertz CT molecular complexity index is 965. The summed E-state index contributed by atoms with van der Waals surface area (Å²) in [6.07, 6.45) is 2.88. The highest BCUT2D eigenvalue weighted by Gasteiger charge is 2.21. The standard InChI is InChI=1S/C18H13F2N3O3/c1-10-14(19)17(25-12-5-2-4-11(8-12)16(21)24)23-18(15(10)20)26-13-6-3-7-22-9-13/h2-9H,1H3,(H2,21,24). The van der Waals surface area contributed by atoms with Gasteiger partial charge in [-0.3, -0.25) is 9.78 Å². The maximum Gasteiger partial charge on any atom is 0.259 e. The predicted molar refractivity (Wildman–Crippen MR) is 88.2 cm³/mol. The molecular weight excluding hydrogens is 344 g/mol. The highest BCUT2D eigenvalue weighted by molar-refractivity contribution is 5.93. The first-order chi connectivity index (χ1) is 12.5. The molecule has 1 amide bonds. The third kappa shape index (κ3) is 3.59. The van der Waals surface area contributed by atoms with Crippen LogP contribution < -0.4 is 15.2 Å². The van der Waals surface area contributed by atoms with Crippen LogP contribution in [0, 0.1) is 18.6 Å². The second-order valence-electron chi connectivity index (χ2n) is 5.26. The molecule has 132 valence electrons. The van der Waals surface area contributed by atoms with Gasteiger partial charge in [0.1, 0.15) is 11.5 Å². The lowest BCUT2D eigenvalue weighted by Gasteiger charge is -2.12. The van der Waals surface area contributed by atoms with Gasteiger partial charge in [-0.15, -0.1) is 0 Å². The molecule has 6 nitrogen and oxygen atoms in total. The van der Waals surface area contributed by atoms with Crippen molar-refractivity contribution in [3.05, 3.63) is 71.6 Å². The minimum absolute atomic E-state index is 0.117. The van der Waals surface area contributed by atoms with Gasteiger partial charge in [0, 0.05) is 17.3 Å². The van der Waals surface area contributed by atoms with Gasteiger partial charge in [-0.05, 0) is 37.3 Å². The Kier molecular flexibility index (Phi) is 4.74. The number of amides is 1. The van der Waals surface area contributed by atoms with Crippen LogP contribution in [0.2, 0.25) is 0 Å². The van der Waals surface area contributed by atoms with E-state index in [0.29, 0.717) is 0 Å². The van der Waals surface area contributed by atoms with E-state index >= 15 is 0 Å². The zero-order chi connectivity index (χ0) is 18.7. The number of ether oxygens (including phenoxy) is 2. The normalized spacial score (nSPS) is 10.4. The van der Waals surface area contributed by atoms with Crippen molar-refractivity contribution >= 4 is 5.91 Å². The number of hydrogen-bond acceptors (Lipinski definition) is 5. The summed E-state index contributed by atoms with van der Waals surface area (Å²) in [6.45, 7) is 1.23. The third-order valence-corrected chi connectivity index (χ3v) is 3.42. The summed E-state index contributed by atoms with van der Waals surface area (Å²) in [5.74, 6) is -3.21. The molecule has 0 spiro atoms. The average Bonchev–Trinajstić information content (AvgIpc) is 2.65. The van der Waals surface area contributed by atoms with Gasteiger partial charge in [0.05, 0.1) is 6.20 Å². The first-order valence-electron chi connectivity index (χ1n) is 7.47. The Hall–Kier alpha value is -3.55. The molecule has 0 fully saturated rings. The van der Waals surface area contributed by atoms with Gasteiger partial charge in [-0.25, -0.2) is 8.78 Å². The number of aromatic nitrogens is 2. The zero-order valence-corrected chi connectivity index (χ0v) is 13.6. The lowest BCUT2D eigenvalue weighted by atomic mass is 10.2. The van der Waals surface area contributed by atoms with Crippen molar-refractivity contribution in [2.75, 3.05) is 0 Å². The fourth-order valence-electron chi connectivity index (χ4n) is 2.09. The maximum atomic E-state index is 14.3. The Morgan fingerprint density at radius 3 is 2.31 bits per heavy atom. The fraction of sp³-hybridized carbons (Fsp3) is 0.0556. The molecule has 2 N–H and O–H groups in total. The van der Waals surface area contributed by atoms with Gasteiger partial charge < -0.3 is 15.2 Å². The topological polar surface area (TPSA) is 87.3 Å². The average molecular weight is 357 g/mol. The smallest absolute Gasteiger partial charge is 0.259 e. The van der Waals surface area contributed by atoms with Crippen molar-refractivity contribution in [2.45, 2.75) is 6.92 Å². The van der Waals surface area contributed by atoms with E-state index in [0.717, 1.165) is 0 Å². The number of hydrogen-bond donors (Lipinski definition) is 1. The molecule has 26 heavy (non-hydrogen) atoms. The summed E-state index contributed by atoms with van der Waals surface area (Å²) in [6, 6.07) is 8.93. The van der Waals surface area contributed by atoms with E-state index < -0.39 is 29.3 Å². The molecule has 8 heteroatoms. The van der Waals surface area contributed by atoms with Crippen LogP contribution >= 0.6 is 0 Å². The summed E-state index contributed by atoms with van der Waals surface area (Å²) in [5.41, 5.74) is 5.06. The molecule has 0 aliphatic heterocycles. The molecule has 0 saturated carbocycles. The summed E-state index contributed by atoms with van der Waals surface area (Å²) >= 11 is 0. The quantitative estimate of drug-likeness (QED) is 0.751. The van der Waals surface area contributed by atoms with Gasteiger partial charge in [0.2, 0.25) is 5.91 Å². The molecule has 0 aliphatic rings. The lowest BCUT2D eigenvalue weighted by molar-refractivity contribution is 0.1000. The zero-order valence-electron chi connectivity index (χ0n) is 13.6. The second-order valence-corrected chi connectivity index (χ2v) is 5.26. The monoisotopic (exact) mass is 357 g/mol. The van der Waals surface area contributed by atoms with E-state index in [1.807, 2.05) is 0 Å². The van der Waals surface area contributed by atoms with E-state index in [4.69, 9.17) is 15.2 Å². The van der Waals surface area contributed by atoms with Gasteiger partial charge in [-0.1, -0.05) is 6.07 Å². The van der Waals surface area contributed by atoms with Crippen LogP contribution in [0.5, 0.6) is 23.3 Å². The minimum atomic E-state index is -0.981. The fourth-order valence-corrected chi connectivity index (χ4v) is 2.09. The molecule has 3 rings (SSSR count). The Morgan fingerprint density at radius 2 is 1.69 bits per heavy atom. The molecule has 3 aromatic rings. The molecule has 0 saturated heterocycles. The summed E-state index contributed by atoms with van der Waals surface area (Å²) in [5, 5.41) is 0. The number of benzene rings is 1. The highest BCUT2D eigenvalue weighted by atomic mass is 19.1. The number of carbonyl (C=O) groups is 1. The van der Waals surface area contributed by atoms with Crippen molar-refractivity contribution in [3.63, 3.8) is 0 Å².